The lowest BCUT2D eigenvalue weighted by Gasteiger charge is -2.04. The summed E-state index contributed by atoms with van der Waals surface area (Å²) in [5.41, 5.74) is -0.0420. The fourth-order valence-electron chi connectivity index (χ4n) is 1.26. The highest BCUT2D eigenvalue weighted by Crippen LogP contribution is 2.16. The Morgan fingerprint density at radius 1 is 1.53 bits per heavy atom. The maximum Gasteiger partial charge on any atom is 0.335 e. The van der Waals surface area contributed by atoms with Gasteiger partial charge in [-0.3, -0.25) is 4.21 Å². The molecule has 0 spiro atoms. The number of carboxylic acids is 1. The van der Waals surface area contributed by atoms with Crippen LogP contribution in [0.4, 0.5) is 4.39 Å². The van der Waals surface area contributed by atoms with E-state index in [-0.39, 0.29) is 10.5 Å². The first-order chi connectivity index (χ1) is 8.06. The molecular weight excluding hydrogens is 263 g/mol. The molecule has 6 heteroatoms. The normalized spacial score (nSPS) is 12.4. The van der Waals surface area contributed by atoms with Crippen LogP contribution in [-0.4, -0.2) is 33.0 Å². The van der Waals surface area contributed by atoms with Crippen molar-refractivity contribution < 1.29 is 18.5 Å². The second-order valence-corrected chi connectivity index (χ2v) is 5.87. The van der Waals surface area contributed by atoms with Gasteiger partial charge in [0.15, 0.2) is 0 Å². The number of rotatable bonds is 6. The molecule has 1 N–H and O–H groups in total. The quantitative estimate of drug-likeness (QED) is 0.811. The van der Waals surface area contributed by atoms with Gasteiger partial charge in [-0.2, -0.15) is 11.8 Å². The van der Waals surface area contributed by atoms with Crippen LogP contribution in [0.15, 0.2) is 23.1 Å². The lowest BCUT2D eigenvalue weighted by Crippen LogP contribution is -2.05. The van der Waals surface area contributed by atoms with E-state index < -0.39 is 22.6 Å². The summed E-state index contributed by atoms with van der Waals surface area (Å²) in [4.78, 5) is 10.7. The number of halogens is 1. The highest BCUT2D eigenvalue weighted by atomic mass is 32.2. The van der Waals surface area contributed by atoms with Crippen molar-refractivity contribution >= 4 is 28.5 Å². The summed E-state index contributed by atoms with van der Waals surface area (Å²) in [7, 11) is -1.47. The molecule has 17 heavy (non-hydrogen) atoms. The number of benzene rings is 1. The van der Waals surface area contributed by atoms with Crippen molar-refractivity contribution in [2.24, 2.45) is 0 Å². The lowest BCUT2D eigenvalue weighted by atomic mass is 10.2. The molecule has 0 aliphatic heterocycles. The molecule has 0 aliphatic carbocycles. The van der Waals surface area contributed by atoms with Gasteiger partial charge in [-0.05, 0) is 36.6 Å². The maximum absolute atomic E-state index is 13.4. The van der Waals surface area contributed by atoms with E-state index in [4.69, 9.17) is 5.11 Å². The van der Waals surface area contributed by atoms with Crippen LogP contribution in [0.3, 0.4) is 0 Å². The van der Waals surface area contributed by atoms with Crippen molar-refractivity contribution in [1.29, 1.82) is 0 Å². The third-order valence-electron chi connectivity index (χ3n) is 2.10. The summed E-state index contributed by atoms with van der Waals surface area (Å²) in [5, 5.41) is 8.77. The Hall–Kier alpha value is -0.880. The Morgan fingerprint density at radius 2 is 2.24 bits per heavy atom. The van der Waals surface area contributed by atoms with Crippen LogP contribution < -0.4 is 0 Å². The predicted molar refractivity (Wildman–Crippen MR) is 67.6 cm³/mol. The van der Waals surface area contributed by atoms with Gasteiger partial charge in [-0.15, -0.1) is 0 Å². The van der Waals surface area contributed by atoms with E-state index in [0.717, 1.165) is 17.9 Å². The van der Waals surface area contributed by atoms with Crippen molar-refractivity contribution in [1.82, 2.24) is 0 Å². The zero-order valence-electron chi connectivity index (χ0n) is 9.31. The van der Waals surface area contributed by atoms with Crippen molar-refractivity contribution in [3.8, 4) is 0 Å². The van der Waals surface area contributed by atoms with Crippen LogP contribution in [0.2, 0.25) is 0 Å². The molecule has 94 valence electrons. The first kappa shape index (κ1) is 14.2. The first-order valence-corrected chi connectivity index (χ1v) is 7.67. The maximum atomic E-state index is 13.4. The standard InChI is InChI=1S/C11H13FO3S2/c1-16-5-2-6-17(15)10-7-8(11(13)14)3-4-9(10)12/h3-4,7H,2,5-6H2,1H3,(H,13,14). The minimum Gasteiger partial charge on any atom is -0.478 e. The van der Waals surface area contributed by atoms with Crippen LogP contribution in [0.5, 0.6) is 0 Å². The zero-order valence-corrected chi connectivity index (χ0v) is 10.9. The molecule has 1 atom stereocenters. The number of hydrogen-bond acceptors (Lipinski definition) is 3. The largest absolute Gasteiger partial charge is 0.478 e. The Labute approximate surface area is 106 Å². The van der Waals surface area contributed by atoms with Gasteiger partial charge in [0, 0.05) is 5.75 Å². The van der Waals surface area contributed by atoms with Crippen LogP contribution in [0, 0.1) is 5.82 Å². The van der Waals surface area contributed by atoms with Gasteiger partial charge in [-0.1, -0.05) is 0 Å². The third kappa shape index (κ3) is 4.12. The minimum absolute atomic E-state index is 0.0222. The minimum atomic E-state index is -1.47. The summed E-state index contributed by atoms with van der Waals surface area (Å²) in [5.74, 6) is -0.558. The zero-order chi connectivity index (χ0) is 12.8. The summed E-state index contributed by atoms with van der Waals surface area (Å²) >= 11 is 1.63. The number of hydrogen-bond donors (Lipinski definition) is 1. The molecule has 0 amide bonds. The van der Waals surface area contributed by atoms with Crippen molar-refractivity contribution in [2.45, 2.75) is 11.3 Å². The lowest BCUT2D eigenvalue weighted by molar-refractivity contribution is 0.0696. The van der Waals surface area contributed by atoms with Gasteiger partial charge >= 0.3 is 5.97 Å². The second kappa shape index (κ2) is 6.76. The average Bonchev–Trinajstić information content (AvgIpc) is 2.29. The number of carbonyl (C=O) groups is 1. The fourth-order valence-corrected chi connectivity index (χ4v) is 3.04. The molecule has 0 bridgehead atoms. The van der Waals surface area contributed by atoms with E-state index in [1.54, 1.807) is 11.8 Å². The van der Waals surface area contributed by atoms with Gasteiger partial charge in [0.1, 0.15) is 5.82 Å². The Morgan fingerprint density at radius 3 is 2.82 bits per heavy atom. The highest BCUT2D eigenvalue weighted by Gasteiger charge is 2.13. The second-order valence-electron chi connectivity index (χ2n) is 3.35. The van der Waals surface area contributed by atoms with E-state index in [2.05, 4.69) is 0 Å². The van der Waals surface area contributed by atoms with E-state index in [9.17, 15) is 13.4 Å². The van der Waals surface area contributed by atoms with Gasteiger partial charge in [0.25, 0.3) is 0 Å². The van der Waals surface area contributed by atoms with Crippen LogP contribution in [-0.2, 0) is 10.8 Å². The number of thioether (sulfide) groups is 1. The average molecular weight is 276 g/mol. The Kier molecular flexibility index (Phi) is 5.64. The SMILES string of the molecule is CSCCCS(=O)c1cc(C(=O)O)ccc1F. The highest BCUT2D eigenvalue weighted by molar-refractivity contribution is 7.98. The number of aromatic carboxylic acids is 1. The van der Waals surface area contributed by atoms with Crippen LogP contribution in [0.25, 0.3) is 0 Å². The number of carboxylic acid groups (broad SMARTS) is 1. The molecule has 0 heterocycles. The Bertz CT molecular complexity index is 435. The summed E-state index contributed by atoms with van der Waals surface area (Å²) < 4.78 is 25.2. The molecule has 1 rings (SSSR count). The van der Waals surface area contributed by atoms with E-state index in [1.165, 1.54) is 6.07 Å². The topological polar surface area (TPSA) is 54.4 Å². The van der Waals surface area contributed by atoms with Gasteiger partial charge in [-0.25, -0.2) is 9.18 Å². The summed E-state index contributed by atoms with van der Waals surface area (Å²) in [6.07, 6.45) is 2.65. The fraction of sp³-hybridized carbons (Fsp3) is 0.364. The summed E-state index contributed by atoms with van der Waals surface area (Å²) in [6, 6.07) is 3.36. The van der Waals surface area contributed by atoms with Gasteiger partial charge < -0.3 is 5.11 Å². The van der Waals surface area contributed by atoms with Crippen molar-refractivity contribution in [2.75, 3.05) is 17.8 Å². The van der Waals surface area contributed by atoms with Crippen LogP contribution in [0.1, 0.15) is 16.8 Å². The van der Waals surface area contributed by atoms with Gasteiger partial charge in [0.05, 0.1) is 21.3 Å². The third-order valence-corrected chi connectivity index (χ3v) is 4.26. The predicted octanol–water partition coefficient (Wildman–Crippen LogP) is 2.38. The Balaban J connectivity index is 2.84. The monoisotopic (exact) mass is 276 g/mol. The molecule has 0 aliphatic rings. The van der Waals surface area contributed by atoms with Gasteiger partial charge in [0.2, 0.25) is 0 Å². The molecular formula is C11H13FO3S2. The summed E-state index contributed by atoms with van der Waals surface area (Å²) in [6.45, 7) is 0. The smallest absolute Gasteiger partial charge is 0.335 e. The van der Waals surface area contributed by atoms with Crippen molar-refractivity contribution in [3.05, 3.63) is 29.6 Å². The molecule has 1 unspecified atom stereocenters. The van der Waals surface area contributed by atoms with Crippen LogP contribution >= 0.6 is 11.8 Å². The molecule has 0 saturated heterocycles. The molecule has 1 aromatic carbocycles. The van der Waals surface area contributed by atoms with E-state index >= 15 is 0 Å². The van der Waals surface area contributed by atoms with E-state index in [0.29, 0.717) is 12.2 Å². The molecule has 0 radical (unpaired) electrons. The molecule has 0 aromatic heterocycles. The molecule has 1 aromatic rings. The molecule has 3 nitrogen and oxygen atoms in total. The van der Waals surface area contributed by atoms with E-state index in [1.807, 2.05) is 6.26 Å². The first-order valence-electron chi connectivity index (χ1n) is 4.96. The molecule has 0 saturated carbocycles. The van der Waals surface area contributed by atoms with Crippen molar-refractivity contribution in [3.63, 3.8) is 0 Å². The molecule has 0 fully saturated rings.